The largest absolute Gasteiger partial charge is 0.457 e. The van der Waals surface area contributed by atoms with Gasteiger partial charge in [0, 0.05) is 6.42 Å². The molecule has 1 nitrogen and oxygen atoms in total. The van der Waals surface area contributed by atoms with Crippen LogP contribution in [0.1, 0.15) is 11.1 Å². The second-order valence-electron chi connectivity index (χ2n) is 4.90. The van der Waals surface area contributed by atoms with Crippen molar-refractivity contribution >= 4 is 14.5 Å². The van der Waals surface area contributed by atoms with Crippen LogP contribution in [-0.2, 0) is 6.42 Å². The maximum atomic E-state index is 5.78. The van der Waals surface area contributed by atoms with Crippen molar-refractivity contribution in [1.82, 2.24) is 0 Å². The Kier molecular flexibility index (Phi) is 4.33. The molecule has 21 heavy (non-hydrogen) atoms. The Morgan fingerprint density at radius 3 is 1.57 bits per heavy atom. The molecular weight excluding hydrogens is 275 g/mol. The molecular formula is C19H17OP. The number of hydrogen-bond acceptors (Lipinski definition) is 1. The quantitative estimate of drug-likeness (QED) is 0.431. The fourth-order valence-electron chi connectivity index (χ4n) is 2.28. The van der Waals surface area contributed by atoms with E-state index in [1.165, 1.54) is 16.4 Å². The van der Waals surface area contributed by atoms with Crippen LogP contribution in [0.25, 0.3) is 0 Å². The summed E-state index contributed by atoms with van der Waals surface area (Å²) in [6.07, 6.45) is 0.979. The molecule has 1 atom stereocenters. The van der Waals surface area contributed by atoms with Crippen LogP contribution in [0.2, 0.25) is 0 Å². The number of para-hydroxylation sites is 2. The Balaban J connectivity index is 0.000000160. The third-order valence-corrected chi connectivity index (χ3v) is 3.73. The molecule has 1 aliphatic heterocycles. The molecule has 4 rings (SSSR count). The van der Waals surface area contributed by atoms with Crippen LogP contribution in [0.4, 0.5) is 0 Å². The van der Waals surface area contributed by atoms with E-state index in [2.05, 4.69) is 33.5 Å². The Bertz CT molecular complexity index is 635. The van der Waals surface area contributed by atoms with Gasteiger partial charge in [0.25, 0.3) is 0 Å². The van der Waals surface area contributed by atoms with Gasteiger partial charge >= 0.3 is 0 Å². The molecule has 0 bridgehead atoms. The summed E-state index contributed by atoms with van der Waals surface area (Å²) in [5.74, 6) is 1.98. The van der Waals surface area contributed by atoms with E-state index < -0.39 is 0 Å². The van der Waals surface area contributed by atoms with E-state index >= 15 is 0 Å². The molecule has 0 saturated heterocycles. The molecule has 0 spiro atoms. The third kappa shape index (κ3) is 3.51. The molecule has 1 heterocycles. The molecule has 0 aliphatic carbocycles. The molecule has 0 N–H and O–H groups in total. The van der Waals surface area contributed by atoms with Gasteiger partial charge in [-0.1, -0.05) is 66.7 Å². The first-order valence-electron chi connectivity index (χ1n) is 6.97. The molecule has 0 fully saturated rings. The molecule has 104 valence electrons. The number of hydrogen-bond donors (Lipinski definition) is 0. The van der Waals surface area contributed by atoms with E-state index in [-0.39, 0.29) is 0 Å². The van der Waals surface area contributed by atoms with E-state index in [0.29, 0.717) is 0 Å². The minimum atomic E-state index is 0.979. The minimum absolute atomic E-state index is 0.979. The SMILES string of the molecule is Pc1ccccc1.c1ccc2c(c1)Cc1ccccc1O2. The summed E-state index contributed by atoms with van der Waals surface area (Å²) in [6, 6.07) is 26.5. The zero-order valence-electron chi connectivity index (χ0n) is 11.7. The van der Waals surface area contributed by atoms with Crippen LogP contribution in [0, 0.1) is 0 Å². The fraction of sp³-hybridized carbons (Fsp3) is 0.0526. The molecule has 1 aliphatic rings. The summed E-state index contributed by atoms with van der Waals surface area (Å²) < 4.78 is 5.78. The number of fused-ring (bicyclic) bond motifs is 2. The highest BCUT2D eigenvalue weighted by atomic mass is 31.0. The lowest BCUT2D eigenvalue weighted by atomic mass is 10.0. The van der Waals surface area contributed by atoms with E-state index in [4.69, 9.17) is 4.74 Å². The summed E-state index contributed by atoms with van der Waals surface area (Å²) >= 11 is 0. The first-order chi connectivity index (χ1) is 10.3. The molecule has 1 unspecified atom stereocenters. The molecule has 0 saturated carbocycles. The number of rotatable bonds is 0. The average Bonchev–Trinajstić information content (AvgIpc) is 2.54. The first kappa shape index (κ1) is 13.9. The Morgan fingerprint density at radius 1 is 0.619 bits per heavy atom. The van der Waals surface area contributed by atoms with Crippen LogP contribution in [0.15, 0.2) is 78.9 Å². The Morgan fingerprint density at radius 2 is 1.10 bits per heavy atom. The first-order valence-corrected chi connectivity index (χ1v) is 7.55. The normalized spacial score (nSPS) is 11.3. The van der Waals surface area contributed by atoms with Crippen molar-refractivity contribution < 1.29 is 4.74 Å². The highest BCUT2D eigenvalue weighted by Crippen LogP contribution is 2.35. The second kappa shape index (κ2) is 6.56. The maximum absolute atomic E-state index is 5.78. The topological polar surface area (TPSA) is 9.23 Å². The summed E-state index contributed by atoms with van der Waals surface area (Å²) in [7, 11) is 2.63. The van der Waals surface area contributed by atoms with Crippen molar-refractivity contribution in [2.24, 2.45) is 0 Å². The highest BCUT2D eigenvalue weighted by Gasteiger charge is 2.14. The van der Waals surface area contributed by atoms with Gasteiger partial charge in [0.05, 0.1) is 0 Å². The zero-order chi connectivity index (χ0) is 14.5. The van der Waals surface area contributed by atoms with Gasteiger partial charge < -0.3 is 4.74 Å². The lowest BCUT2D eigenvalue weighted by Crippen LogP contribution is -2.01. The van der Waals surface area contributed by atoms with Gasteiger partial charge in [-0.05, 0) is 28.6 Å². The number of benzene rings is 3. The fourth-order valence-corrected chi connectivity index (χ4v) is 2.50. The predicted octanol–water partition coefficient (Wildman–Crippen LogP) is 4.57. The van der Waals surface area contributed by atoms with Gasteiger partial charge in [0.2, 0.25) is 0 Å². The number of ether oxygens (including phenoxy) is 1. The summed E-state index contributed by atoms with van der Waals surface area (Å²) in [5, 5.41) is 1.24. The van der Waals surface area contributed by atoms with Gasteiger partial charge in [-0.15, -0.1) is 9.24 Å². The standard InChI is InChI=1S/C13H10O.C6H7P/c1-3-7-12-10(5-1)9-11-6-2-4-8-13(11)14-12;7-6-4-2-1-3-5-6/h1-8H,9H2;1-5H,7H2. The monoisotopic (exact) mass is 292 g/mol. The van der Waals surface area contributed by atoms with E-state index in [0.717, 1.165) is 17.9 Å². The molecule has 2 heteroatoms. The third-order valence-electron chi connectivity index (χ3n) is 3.35. The Hall–Kier alpha value is -2.11. The average molecular weight is 292 g/mol. The van der Waals surface area contributed by atoms with E-state index in [1.807, 2.05) is 54.6 Å². The smallest absolute Gasteiger partial charge is 0.130 e. The lowest BCUT2D eigenvalue weighted by molar-refractivity contribution is 0.460. The van der Waals surface area contributed by atoms with Gasteiger partial charge in [0.1, 0.15) is 11.5 Å². The molecule has 0 aromatic heterocycles. The minimum Gasteiger partial charge on any atom is -0.457 e. The van der Waals surface area contributed by atoms with Crippen molar-refractivity contribution in [2.45, 2.75) is 6.42 Å². The van der Waals surface area contributed by atoms with Crippen LogP contribution in [0.3, 0.4) is 0 Å². The molecule has 0 amide bonds. The highest BCUT2D eigenvalue weighted by molar-refractivity contribution is 7.27. The van der Waals surface area contributed by atoms with Crippen LogP contribution in [-0.4, -0.2) is 0 Å². The van der Waals surface area contributed by atoms with Gasteiger partial charge in [-0.25, -0.2) is 0 Å². The van der Waals surface area contributed by atoms with Crippen molar-refractivity contribution in [3.05, 3.63) is 90.0 Å². The van der Waals surface area contributed by atoms with E-state index in [9.17, 15) is 0 Å². The van der Waals surface area contributed by atoms with Crippen LogP contribution < -0.4 is 10.0 Å². The van der Waals surface area contributed by atoms with Gasteiger partial charge in [-0.3, -0.25) is 0 Å². The lowest BCUT2D eigenvalue weighted by Gasteiger charge is -2.19. The Labute approximate surface area is 127 Å². The van der Waals surface area contributed by atoms with Crippen molar-refractivity contribution in [2.75, 3.05) is 0 Å². The predicted molar refractivity (Wildman–Crippen MR) is 91.6 cm³/mol. The second-order valence-corrected chi connectivity index (χ2v) is 5.57. The van der Waals surface area contributed by atoms with Crippen molar-refractivity contribution in [3.63, 3.8) is 0 Å². The van der Waals surface area contributed by atoms with Gasteiger partial charge in [-0.2, -0.15) is 0 Å². The zero-order valence-corrected chi connectivity index (χ0v) is 12.9. The van der Waals surface area contributed by atoms with E-state index in [1.54, 1.807) is 0 Å². The van der Waals surface area contributed by atoms with Gasteiger partial charge in [0.15, 0.2) is 0 Å². The summed E-state index contributed by atoms with van der Waals surface area (Å²) in [6.45, 7) is 0. The van der Waals surface area contributed by atoms with Crippen molar-refractivity contribution in [3.8, 4) is 11.5 Å². The van der Waals surface area contributed by atoms with Crippen LogP contribution >= 0.6 is 9.24 Å². The molecule has 0 radical (unpaired) electrons. The molecule has 3 aromatic carbocycles. The van der Waals surface area contributed by atoms with Crippen molar-refractivity contribution in [1.29, 1.82) is 0 Å². The maximum Gasteiger partial charge on any atom is 0.130 e. The summed E-state index contributed by atoms with van der Waals surface area (Å²) in [5.41, 5.74) is 2.54. The van der Waals surface area contributed by atoms with Crippen LogP contribution in [0.5, 0.6) is 11.5 Å². The summed E-state index contributed by atoms with van der Waals surface area (Å²) in [4.78, 5) is 0. The molecule has 3 aromatic rings.